The van der Waals surface area contributed by atoms with Crippen LogP contribution >= 0.6 is 23.1 Å². The minimum Gasteiger partial charge on any atom is -0.497 e. The fourth-order valence-corrected chi connectivity index (χ4v) is 4.60. The third kappa shape index (κ3) is 3.87. The van der Waals surface area contributed by atoms with Gasteiger partial charge in [0.2, 0.25) is 5.16 Å². The maximum absolute atomic E-state index is 11.3. The van der Waals surface area contributed by atoms with Gasteiger partial charge in [-0.3, -0.25) is 4.79 Å². The van der Waals surface area contributed by atoms with Gasteiger partial charge in [-0.1, -0.05) is 17.8 Å². The summed E-state index contributed by atoms with van der Waals surface area (Å²) in [6, 6.07) is 11.1. The molecule has 0 spiro atoms. The summed E-state index contributed by atoms with van der Waals surface area (Å²) in [6.45, 7) is 0.185. The molecule has 4 rings (SSSR count). The lowest BCUT2D eigenvalue weighted by Crippen LogP contribution is -2.26. The Morgan fingerprint density at radius 3 is 2.68 bits per heavy atom. The highest BCUT2D eigenvalue weighted by Gasteiger charge is 2.31. The molecule has 1 aliphatic rings. The third-order valence-electron chi connectivity index (χ3n) is 4.00. The number of fused-ring (bicyclic) bond motifs is 1. The number of nitrogens with zero attached hydrogens (tertiary/aromatic N) is 4. The molecule has 0 aliphatic carbocycles. The molecule has 0 saturated carbocycles. The number of aliphatic carboxylic acids is 1. The first kappa shape index (κ1) is 18.5. The number of thioether (sulfide) groups is 1. The van der Waals surface area contributed by atoms with Gasteiger partial charge in [0.05, 0.1) is 29.4 Å². The Morgan fingerprint density at radius 1 is 1.21 bits per heavy atom. The van der Waals surface area contributed by atoms with E-state index in [-0.39, 0.29) is 18.3 Å². The molecule has 1 atom stereocenters. The molecule has 0 saturated heterocycles. The van der Waals surface area contributed by atoms with Crippen molar-refractivity contribution in [3.05, 3.63) is 52.5 Å². The van der Waals surface area contributed by atoms with E-state index in [9.17, 15) is 9.90 Å². The van der Waals surface area contributed by atoms with Crippen LogP contribution < -0.4 is 9.47 Å². The third-order valence-corrected chi connectivity index (χ3v) is 6.03. The van der Waals surface area contributed by atoms with E-state index in [1.807, 2.05) is 41.8 Å². The molecule has 3 heterocycles. The summed E-state index contributed by atoms with van der Waals surface area (Å²) >= 11 is 2.87. The lowest BCUT2D eigenvalue weighted by molar-refractivity contribution is -0.136. The monoisotopic (exact) mass is 416 g/mol. The summed E-state index contributed by atoms with van der Waals surface area (Å²) in [5, 5.41) is 24.4. The van der Waals surface area contributed by atoms with Crippen molar-refractivity contribution in [3.8, 4) is 11.5 Å². The van der Waals surface area contributed by atoms with Crippen molar-refractivity contribution >= 4 is 34.8 Å². The zero-order valence-corrected chi connectivity index (χ0v) is 16.4. The molecule has 10 heteroatoms. The van der Waals surface area contributed by atoms with Crippen LogP contribution in [0.25, 0.3) is 0 Å². The fourth-order valence-electron chi connectivity index (χ4n) is 2.66. The number of hydrogen-bond donors (Lipinski definition) is 1. The Labute approximate surface area is 168 Å². The zero-order valence-electron chi connectivity index (χ0n) is 14.8. The van der Waals surface area contributed by atoms with Gasteiger partial charge in [0, 0.05) is 0 Å². The highest BCUT2D eigenvalue weighted by Crippen LogP contribution is 2.33. The van der Waals surface area contributed by atoms with Gasteiger partial charge in [0.1, 0.15) is 18.1 Å². The molecule has 144 valence electrons. The molecular formula is C18H16N4O4S2. The molecule has 1 aliphatic heterocycles. The lowest BCUT2D eigenvalue weighted by Gasteiger charge is -2.21. The Bertz CT molecular complexity index is 999. The van der Waals surface area contributed by atoms with Crippen LogP contribution in [0.4, 0.5) is 0 Å². The van der Waals surface area contributed by atoms with Gasteiger partial charge < -0.3 is 14.6 Å². The number of hydrogen-bond acceptors (Lipinski definition) is 8. The van der Waals surface area contributed by atoms with Gasteiger partial charge in [0.15, 0.2) is 5.82 Å². The minimum atomic E-state index is -0.877. The quantitative estimate of drug-likeness (QED) is 0.632. The van der Waals surface area contributed by atoms with Crippen molar-refractivity contribution in [2.24, 2.45) is 5.10 Å². The Morgan fingerprint density at radius 2 is 2.00 bits per heavy atom. The van der Waals surface area contributed by atoms with E-state index in [4.69, 9.17) is 9.47 Å². The van der Waals surface area contributed by atoms with Crippen molar-refractivity contribution in [2.45, 2.75) is 23.4 Å². The maximum atomic E-state index is 11.3. The first-order valence-electron chi connectivity index (χ1n) is 8.36. The van der Waals surface area contributed by atoms with E-state index in [1.165, 1.54) is 23.1 Å². The van der Waals surface area contributed by atoms with Crippen LogP contribution in [0.1, 0.15) is 17.1 Å². The molecule has 1 N–H and O–H groups in total. The highest BCUT2D eigenvalue weighted by molar-refractivity contribution is 8.00. The number of ether oxygens (including phenoxy) is 2. The number of methoxy groups -OCH3 is 1. The topological polar surface area (TPSA) is 98.8 Å². The molecule has 0 bridgehead atoms. The van der Waals surface area contributed by atoms with Crippen LogP contribution in [-0.4, -0.2) is 44.0 Å². The largest absolute Gasteiger partial charge is 0.497 e. The number of benzene rings is 1. The summed E-state index contributed by atoms with van der Waals surface area (Å²) in [6.07, 6.45) is -0.0358. The molecule has 0 amide bonds. The van der Waals surface area contributed by atoms with Crippen LogP contribution in [0, 0.1) is 0 Å². The van der Waals surface area contributed by atoms with E-state index in [0.29, 0.717) is 22.4 Å². The number of carbonyl (C=O) groups is 1. The van der Waals surface area contributed by atoms with Gasteiger partial charge in [-0.25, -0.2) is 0 Å². The molecule has 0 unspecified atom stereocenters. The molecular weight excluding hydrogens is 400 g/mol. The van der Waals surface area contributed by atoms with E-state index in [0.717, 1.165) is 10.6 Å². The van der Waals surface area contributed by atoms with Crippen molar-refractivity contribution in [1.29, 1.82) is 0 Å². The van der Waals surface area contributed by atoms with Crippen molar-refractivity contribution in [2.75, 3.05) is 7.11 Å². The van der Waals surface area contributed by atoms with E-state index >= 15 is 0 Å². The number of carboxylic acid groups (broad SMARTS) is 1. The number of rotatable bonds is 7. The Kier molecular flexibility index (Phi) is 5.31. The summed E-state index contributed by atoms with van der Waals surface area (Å²) in [5.41, 5.74) is 0.709. The van der Waals surface area contributed by atoms with Gasteiger partial charge in [-0.15, -0.1) is 21.5 Å². The van der Waals surface area contributed by atoms with Crippen LogP contribution in [0.15, 0.2) is 52.0 Å². The molecule has 3 aromatic rings. The average Bonchev–Trinajstić information content (AvgIpc) is 3.35. The minimum absolute atomic E-state index is 0.0358. The van der Waals surface area contributed by atoms with E-state index in [2.05, 4.69) is 15.3 Å². The predicted molar refractivity (Wildman–Crippen MR) is 105 cm³/mol. The molecule has 8 nitrogen and oxygen atoms in total. The lowest BCUT2D eigenvalue weighted by atomic mass is 10.1. The summed E-state index contributed by atoms with van der Waals surface area (Å²) in [7, 11) is 1.61. The second-order valence-electron chi connectivity index (χ2n) is 5.84. The maximum Gasteiger partial charge on any atom is 0.304 e. The number of aromatic nitrogens is 3. The molecule has 1 aromatic carbocycles. The predicted octanol–water partition coefficient (Wildman–Crippen LogP) is 3.13. The summed E-state index contributed by atoms with van der Waals surface area (Å²) in [4.78, 5) is 12.2. The second-order valence-corrected chi connectivity index (χ2v) is 7.96. The second kappa shape index (κ2) is 8.03. The fraction of sp³-hybridized carbons (Fsp3) is 0.222. The smallest absolute Gasteiger partial charge is 0.304 e. The Balaban J connectivity index is 1.58. The molecule has 0 fully saturated rings. The van der Waals surface area contributed by atoms with Crippen LogP contribution in [0.2, 0.25) is 0 Å². The van der Waals surface area contributed by atoms with Gasteiger partial charge >= 0.3 is 5.97 Å². The van der Waals surface area contributed by atoms with Crippen molar-refractivity contribution in [1.82, 2.24) is 14.9 Å². The van der Waals surface area contributed by atoms with Gasteiger partial charge in [-0.05, 0) is 35.7 Å². The van der Waals surface area contributed by atoms with Crippen molar-refractivity contribution < 1.29 is 19.4 Å². The molecule has 2 aromatic heterocycles. The van der Waals surface area contributed by atoms with Crippen LogP contribution in [0.3, 0.4) is 0 Å². The van der Waals surface area contributed by atoms with Crippen LogP contribution in [0.5, 0.6) is 11.5 Å². The van der Waals surface area contributed by atoms with E-state index < -0.39 is 5.97 Å². The SMILES string of the molecule is COc1ccc(OCc2nnc3n2N=C(c2cccs2)[C@H](CC(=O)O)S3)cc1. The number of carboxylic acids is 1. The highest BCUT2D eigenvalue weighted by atomic mass is 32.2. The summed E-state index contributed by atoms with van der Waals surface area (Å²) in [5.74, 6) is 1.09. The zero-order chi connectivity index (χ0) is 19.5. The van der Waals surface area contributed by atoms with Gasteiger partial charge in [-0.2, -0.15) is 9.78 Å². The first-order chi connectivity index (χ1) is 13.6. The van der Waals surface area contributed by atoms with Crippen LogP contribution in [-0.2, 0) is 11.4 Å². The first-order valence-corrected chi connectivity index (χ1v) is 10.1. The summed E-state index contributed by atoms with van der Waals surface area (Å²) < 4.78 is 12.5. The normalized spacial score (nSPS) is 15.6. The standard InChI is InChI=1S/C18H16N4O4S2/c1-25-11-4-6-12(7-5-11)26-10-15-19-20-18-22(15)21-17(13-3-2-8-27-13)14(28-18)9-16(23)24/h2-8,14H,9-10H2,1H3,(H,23,24)/t14-/m0/s1. The van der Waals surface area contributed by atoms with E-state index in [1.54, 1.807) is 11.8 Å². The van der Waals surface area contributed by atoms with Gasteiger partial charge in [0.25, 0.3) is 0 Å². The average molecular weight is 416 g/mol. The number of thiophene rings is 1. The molecule has 0 radical (unpaired) electrons. The molecule has 28 heavy (non-hydrogen) atoms. The Hall–Kier alpha value is -2.85. The van der Waals surface area contributed by atoms with Crippen molar-refractivity contribution in [3.63, 3.8) is 0 Å².